The van der Waals surface area contributed by atoms with E-state index < -0.39 is 0 Å². The van der Waals surface area contributed by atoms with Crippen molar-refractivity contribution in [3.63, 3.8) is 0 Å². The highest BCUT2D eigenvalue weighted by molar-refractivity contribution is 5.05. The standard InChI is InChI=1S/C9H16N4/c1-6(2)9-12-11-8(5-10)13(9)7-3-4-7/h6-7H,3-5,10H2,1-2H3. The zero-order valence-electron chi connectivity index (χ0n) is 8.20. The lowest BCUT2D eigenvalue weighted by Crippen LogP contribution is -2.10. The van der Waals surface area contributed by atoms with Gasteiger partial charge < -0.3 is 10.3 Å². The lowest BCUT2D eigenvalue weighted by molar-refractivity contribution is 0.614. The molecular formula is C9H16N4. The van der Waals surface area contributed by atoms with Crippen LogP contribution in [-0.4, -0.2) is 14.8 Å². The van der Waals surface area contributed by atoms with Crippen LogP contribution in [0.2, 0.25) is 0 Å². The van der Waals surface area contributed by atoms with E-state index in [2.05, 4.69) is 28.6 Å². The third kappa shape index (κ3) is 1.46. The SMILES string of the molecule is CC(C)c1nnc(CN)n1C1CC1. The average Bonchev–Trinajstić information content (AvgIpc) is 2.84. The fourth-order valence-corrected chi connectivity index (χ4v) is 1.60. The first-order chi connectivity index (χ1) is 6.24. The predicted molar refractivity (Wildman–Crippen MR) is 50.3 cm³/mol. The van der Waals surface area contributed by atoms with Crippen molar-refractivity contribution in [2.24, 2.45) is 5.73 Å². The Bertz CT molecular complexity index is 299. The van der Waals surface area contributed by atoms with Crippen LogP contribution in [0.5, 0.6) is 0 Å². The highest BCUT2D eigenvalue weighted by Crippen LogP contribution is 2.37. The van der Waals surface area contributed by atoms with E-state index in [1.54, 1.807) is 0 Å². The van der Waals surface area contributed by atoms with Crippen LogP contribution in [0, 0.1) is 0 Å². The highest BCUT2D eigenvalue weighted by atomic mass is 15.3. The van der Waals surface area contributed by atoms with Crippen LogP contribution in [0.3, 0.4) is 0 Å². The van der Waals surface area contributed by atoms with Crippen LogP contribution in [0.1, 0.15) is 50.3 Å². The van der Waals surface area contributed by atoms with Gasteiger partial charge in [-0.25, -0.2) is 0 Å². The first kappa shape index (κ1) is 8.69. The van der Waals surface area contributed by atoms with Gasteiger partial charge in [0.2, 0.25) is 0 Å². The summed E-state index contributed by atoms with van der Waals surface area (Å²) in [6.07, 6.45) is 2.51. The van der Waals surface area contributed by atoms with Crippen LogP contribution in [-0.2, 0) is 6.54 Å². The maximum Gasteiger partial charge on any atom is 0.147 e. The molecule has 0 radical (unpaired) electrons. The van der Waals surface area contributed by atoms with Gasteiger partial charge in [-0.3, -0.25) is 0 Å². The molecule has 0 unspecified atom stereocenters. The molecule has 1 aliphatic rings. The number of nitrogens with zero attached hydrogens (tertiary/aromatic N) is 3. The van der Waals surface area contributed by atoms with Gasteiger partial charge in [0.15, 0.2) is 0 Å². The molecule has 0 aromatic carbocycles. The molecule has 0 amide bonds. The number of aromatic nitrogens is 3. The highest BCUT2D eigenvalue weighted by Gasteiger charge is 2.29. The van der Waals surface area contributed by atoms with Crippen molar-refractivity contribution < 1.29 is 0 Å². The molecular weight excluding hydrogens is 164 g/mol. The molecule has 0 atom stereocenters. The number of rotatable bonds is 3. The molecule has 4 heteroatoms. The lowest BCUT2D eigenvalue weighted by Gasteiger charge is -2.09. The smallest absolute Gasteiger partial charge is 0.147 e. The fourth-order valence-electron chi connectivity index (χ4n) is 1.60. The van der Waals surface area contributed by atoms with Crippen molar-refractivity contribution in [2.45, 2.75) is 45.2 Å². The van der Waals surface area contributed by atoms with Gasteiger partial charge in [-0.05, 0) is 12.8 Å². The Balaban J connectivity index is 2.38. The van der Waals surface area contributed by atoms with Crippen molar-refractivity contribution in [2.75, 3.05) is 0 Å². The summed E-state index contributed by atoms with van der Waals surface area (Å²) in [5.74, 6) is 2.46. The molecule has 72 valence electrons. The van der Waals surface area contributed by atoms with Crippen molar-refractivity contribution in [1.29, 1.82) is 0 Å². The van der Waals surface area contributed by atoms with Crippen molar-refractivity contribution >= 4 is 0 Å². The molecule has 0 saturated heterocycles. The summed E-state index contributed by atoms with van der Waals surface area (Å²) >= 11 is 0. The van der Waals surface area contributed by atoms with Crippen LogP contribution < -0.4 is 5.73 Å². The number of hydrogen-bond donors (Lipinski definition) is 1. The Hall–Kier alpha value is -0.900. The molecule has 0 aliphatic heterocycles. The van der Waals surface area contributed by atoms with Crippen molar-refractivity contribution in [3.8, 4) is 0 Å². The molecule has 0 bridgehead atoms. The first-order valence-corrected chi connectivity index (χ1v) is 4.87. The summed E-state index contributed by atoms with van der Waals surface area (Å²) in [6.45, 7) is 4.78. The minimum absolute atomic E-state index is 0.438. The van der Waals surface area contributed by atoms with E-state index in [4.69, 9.17) is 5.73 Å². The molecule has 1 aromatic rings. The summed E-state index contributed by atoms with van der Waals surface area (Å²) in [5.41, 5.74) is 5.61. The van der Waals surface area contributed by atoms with E-state index in [1.807, 2.05) is 0 Å². The zero-order chi connectivity index (χ0) is 9.42. The van der Waals surface area contributed by atoms with Crippen LogP contribution in [0.25, 0.3) is 0 Å². The van der Waals surface area contributed by atoms with Gasteiger partial charge in [0, 0.05) is 12.0 Å². The van der Waals surface area contributed by atoms with E-state index in [9.17, 15) is 0 Å². The van der Waals surface area contributed by atoms with Gasteiger partial charge >= 0.3 is 0 Å². The second kappa shape index (κ2) is 3.10. The Labute approximate surface area is 78.1 Å². The van der Waals surface area contributed by atoms with E-state index in [1.165, 1.54) is 12.8 Å². The van der Waals surface area contributed by atoms with Crippen molar-refractivity contribution in [1.82, 2.24) is 14.8 Å². The van der Waals surface area contributed by atoms with Gasteiger partial charge in [-0.1, -0.05) is 13.8 Å². The summed E-state index contributed by atoms with van der Waals surface area (Å²) in [6, 6.07) is 0.631. The van der Waals surface area contributed by atoms with Crippen LogP contribution in [0.4, 0.5) is 0 Å². The van der Waals surface area contributed by atoms with Gasteiger partial charge in [0.25, 0.3) is 0 Å². The Morgan fingerprint density at radius 2 is 2.15 bits per heavy atom. The second-order valence-electron chi connectivity index (χ2n) is 3.93. The number of nitrogens with two attached hydrogens (primary N) is 1. The third-order valence-corrected chi connectivity index (χ3v) is 2.40. The first-order valence-electron chi connectivity index (χ1n) is 4.87. The fraction of sp³-hybridized carbons (Fsp3) is 0.778. The molecule has 1 saturated carbocycles. The van der Waals surface area contributed by atoms with Crippen LogP contribution in [0.15, 0.2) is 0 Å². The van der Waals surface area contributed by atoms with E-state index in [0.29, 0.717) is 18.5 Å². The summed E-state index contributed by atoms with van der Waals surface area (Å²) in [5, 5.41) is 8.29. The molecule has 1 heterocycles. The second-order valence-corrected chi connectivity index (χ2v) is 3.93. The summed E-state index contributed by atoms with van der Waals surface area (Å²) < 4.78 is 2.23. The Morgan fingerprint density at radius 1 is 1.46 bits per heavy atom. The minimum atomic E-state index is 0.438. The van der Waals surface area contributed by atoms with Gasteiger partial charge in [0.1, 0.15) is 11.6 Å². The maximum absolute atomic E-state index is 5.61. The molecule has 2 N–H and O–H groups in total. The lowest BCUT2D eigenvalue weighted by atomic mass is 10.2. The molecule has 1 aliphatic carbocycles. The normalized spacial score (nSPS) is 16.9. The third-order valence-electron chi connectivity index (χ3n) is 2.40. The largest absolute Gasteiger partial charge is 0.324 e. The number of hydrogen-bond acceptors (Lipinski definition) is 3. The molecule has 2 rings (SSSR count). The van der Waals surface area contributed by atoms with E-state index in [0.717, 1.165) is 11.6 Å². The molecule has 0 spiro atoms. The summed E-state index contributed by atoms with van der Waals surface area (Å²) in [4.78, 5) is 0. The zero-order valence-corrected chi connectivity index (χ0v) is 8.20. The van der Waals surface area contributed by atoms with Gasteiger partial charge in [-0.15, -0.1) is 10.2 Å². The molecule has 1 aromatic heterocycles. The van der Waals surface area contributed by atoms with E-state index in [-0.39, 0.29) is 0 Å². The van der Waals surface area contributed by atoms with Gasteiger partial charge in [0.05, 0.1) is 6.54 Å². The average molecular weight is 180 g/mol. The summed E-state index contributed by atoms with van der Waals surface area (Å²) in [7, 11) is 0. The molecule has 1 fully saturated rings. The van der Waals surface area contributed by atoms with Crippen LogP contribution >= 0.6 is 0 Å². The van der Waals surface area contributed by atoms with E-state index >= 15 is 0 Å². The quantitative estimate of drug-likeness (QED) is 0.760. The molecule has 4 nitrogen and oxygen atoms in total. The van der Waals surface area contributed by atoms with Crippen molar-refractivity contribution in [3.05, 3.63) is 11.6 Å². The minimum Gasteiger partial charge on any atom is -0.324 e. The predicted octanol–water partition coefficient (Wildman–Crippen LogP) is 1.20. The Morgan fingerprint density at radius 3 is 2.62 bits per heavy atom. The molecule has 13 heavy (non-hydrogen) atoms. The van der Waals surface area contributed by atoms with Gasteiger partial charge in [-0.2, -0.15) is 0 Å². The maximum atomic E-state index is 5.61. The monoisotopic (exact) mass is 180 g/mol. The Kier molecular flexibility index (Phi) is 2.07. The topological polar surface area (TPSA) is 56.7 Å².